The molecular formula is C27H21N3O2. The highest BCUT2D eigenvalue weighted by atomic mass is 16.2. The van der Waals surface area contributed by atoms with Crippen molar-refractivity contribution < 1.29 is 4.79 Å². The van der Waals surface area contributed by atoms with Crippen LogP contribution in [0, 0.1) is 0 Å². The van der Waals surface area contributed by atoms with E-state index in [1.54, 1.807) is 6.07 Å². The van der Waals surface area contributed by atoms with Crippen molar-refractivity contribution >= 4 is 33.1 Å². The van der Waals surface area contributed by atoms with Crippen LogP contribution in [-0.4, -0.2) is 15.7 Å². The van der Waals surface area contributed by atoms with Gasteiger partial charge in [0.25, 0.3) is 5.56 Å². The number of nitrogens with zero attached hydrogens (tertiary/aromatic N) is 2. The fourth-order valence-corrected chi connectivity index (χ4v) is 3.95. The van der Waals surface area contributed by atoms with E-state index in [2.05, 4.69) is 10.4 Å². The summed E-state index contributed by atoms with van der Waals surface area (Å²) in [6.07, 6.45) is 0.142. The number of carbonyl (C=O) groups excluding carboxylic acids is 1. The number of benzene rings is 4. The van der Waals surface area contributed by atoms with Gasteiger partial charge in [0.1, 0.15) is 0 Å². The number of rotatable bonds is 5. The molecule has 0 spiro atoms. The second-order valence-electron chi connectivity index (χ2n) is 7.61. The summed E-state index contributed by atoms with van der Waals surface area (Å²) in [6.45, 7) is 0.195. The molecule has 5 rings (SSSR count). The monoisotopic (exact) mass is 419 g/mol. The standard InChI is InChI=1S/C27H21N3O2/c31-25(28-24-16-8-12-19-9-4-5-13-21(19)24)17-18-30-27(32)23-15-7-6-14-22(23)26(29-30)20-10-2-1-3-11-20/h1-16H,17-18H2,(H,28,31). The molecule has 5 nitrogen and oxygen atoms in total. The number of anilines is 1. The largest absolute Gasteiger partial charge is 0.325 e. The van der Waals surface area contributed by atoms with Gasteiger partial charge >= 0.3 is 0 Å². The van der Waals surface area contributed by atoms with E-state index in [9.17, 15) is 9.59 Å². The zero-order valence-corrected chi connectivity index (χ0v) is 17.4. The first-order valence-corrected chi connectivity index (χ1v) is 10.5. The van der Waals surface area contributed by atoms with E-state index >= 15 is 0 Å². The Morgan fingerprint density at radius 1 is 0.750 bits per heavy atom. The quantitative estimate of drug-likeness (QED) is 0.423. The molecule has 32 heavy (non-hydrogen) atoms. The lowest BCUT2D eigenvalue weighted by atomic mass is 10.1. The van der Waals surface area contributed by atoms with E-state index in [1.165, 1.54) is 4.68 Å². The zero-order valence-electron chi connectivity index (χ0n) is 17.4. The van der Waals surface area contributed by atoms with E-state index in [-0.39, 0.29) is 24.4 Å². The van der Waals surface area contributed by atoms with E-state index in [4.69, 9.17) is 0 Å². The molecule has 4 aromatic carbocycles. The lowest BCUT2D eigenvalue weighted by Crippen LogP contribution is -2.26. The van der Waals surface area contributed by atoms with Gasteiger partial charge in [-0.05, 0) is 17.5 Å². The average molecular weight is 419 g/mol. The Morgan fingerprint density at radius 3 is 2.22 bits per heavy atom. The lowest BCUT2D eigenvalue weighted by molar-refractivity contribution is -0.116. The Labute approximate surface area is 184 Å². The Balaban J connectivity index is 1.44. The zero-order chi connectivity index (χ0) is 21.9. The molecule has 0 aliphatic rings. The average Bonchev–Trinajstić information content (AvgIpc) is 2.84. The first kappa shape index (κ1) is 19.7. The molecule has 1 aromatic heterocycles. The van der Waals surface area contributed by atoms with Crippen LogP contribution in [0.5, 0.6) is 0 Å². The maximum Gasteiger partial charge on any atom is 0.274 e. The van der Waals surface area contributed by atoms with Crippen molar-refractivity contribution in [3.8, 4) is 11.3 Å². The fraction of sp³-hybridized carbons (Fsp3) is 0.0741. The molecule has 5 aromatic rings. The highest BCUT2D eigenvalue weighted by molar-refractivity contribution is 6.02. The van der Waals surface area contributed by atoms with Crippen LogP contribution in [0.2, 0.25) is 0 Å². The summed E-state index contributed by atoms with van der Waals surface area (Å²) in [7, 11) is 0. The third-order valence-electron chi connectivity index (χ3n) is 5.53. The smallest absolute Gasteiger partial charge is 0.274 e. The van der Waals surface area contributed by atoms with Crippen LogP contribution < -0.4 is 10.9 Å². The van der Waals surface area contributed by atoms with Crippen molar-refractivity contribution in [2.45, 2.75) is 13.0 Å². The Kier molecular flexibility index (Phi) is 5.22. The molecule has 0 fully saturated rings. The van der Waals surface area contributed by atoms with Gasteiger partial charge in [-0.1, -0.05) is 84.9 Å². The molecule has 0 bridgehead atoms. The van der Waals surface area contributed by atoms with Crippen molar-refractivity contribution in [2.75, 3.05) is 5.32 Å². The number of hydrogen-bond donors (Lipinski definition) is 1. The van der Waals surface area contributed by atoms with Crippen LogP contribution in [0.15, 0.2) is 102 Å². The van der Waals surface area contributed by atoms with Gasteiger partial charge in [0, 0.05) is 28.4 Å². The van der Waals surface area contributed by atoms with Crippen LogP contribution in [0.4, 0.5) is 5.69 Å². The van der Waals surface area contributed by atoms with Gasteiger partial charge in [-0.3, -0.25) is 9.59 Å². The second-order valence-corrected chi connectivity index (χ2v) is 7.61. The minimum absolute atomic E-state index is 0.142. The van der Waals surface area contributed by atoms with Crippen LogP contribution in [0.3, 0.4) is 0 Å². The molecule has 0 saturated carbocycles. The first-order valence-electron chi connectivity index (χ1n) is 10.5. The summed E-state index contributed by atoms with van der Waals surface area (Å²) in [6, 6.07) is 30.9. The van der Waals surface area contributed by atoms with Crippen molar-refractivity contribution in [2.24, 2.45) is 0 Å². The van der Waals surface area contributed by atoms with Crippen LogP contribution in [0.1, 0.15) is 6.42 Å². The third-order valence-corrected chi connectivity index (χ3v) is 5.53. The minimum Gasteiger partial charge on any atom is -0.325 e. The van der Waals surface area contributed by atoms with Gasteiger partial charge in [-0.2, -0.15) is 5.10 Å². The highest BCUT2D eigenvalue weighted by Crippen LogP contribution is 2.25. The molecule has 156 valence electrons. The van der Waals surface area contributed by atoms with Crippen LogP contribution in [-0.2, 0) is 11.3 Å². The summed E-state index contributed by atoms with van der Waals surface area (Å²) >= 11 is 0. The van der Waals surface area contributed by atoms with Crippen LogP contribution >= 0.6 is 0 Å². The summed E-state index contributed by atoms with van der Waals surface area (Å²) in [5, 5.41) is 11.0. The number of carbonyl (C=O) groups is 1. The molecule has 0 atom stereocenters. The fourth-order valence-electron chi connectivity index (χ4n) is 3.95. The Bertz CT molecular complexity index is 1480. The topological polar surface area (TPSA) is 64.0 Å². The number of fused-ring (bicyclic) bond motifs is 2. The molecule has 1 N–H and O–H groups in total. The van der Waals surface area contributed by atoms with E-state index < -0.39 is 0 Å². The van der Waals surface area contributed by atoms with E-state index in [1.807, 2.05) is 91.0 Å². The number of aryl methyl sites for hydroxylation is 1. The molecule has 1 amide bonds. The van der Waals surface area contributed by atoms with Crippen LogP contribution in [0.25, 0.3) is 32.8 Å². The maximum absolute atomic E-state index is 13.0. The third kappa shape index (κ3) is 3.76. The summed E-state index contributed by atoms with van der Waals surface area (Å²) in [5.74, 6) is -0.163. The molecule has 0 aliphatic carbocycles. The highest BCUT2D eigenvalue weighted by Gasteiger charge is 2.13. The molecule has 1 heterocycles. The minimum atomic E-state index is -0.196. The SMILES string of the molecule is O=C(CCn1nc(-c2ccccc2)c2ccccc2c1=O)Nc1cccc2ccccc12. The predicted molar refractivity (Wildman–Crippen MR) is 129 cm³/mol. The molecule has 0 aliphatic heterocycles. The first-order chi connectivity index (χ1) is 15.7. The summed E-state index contributed by atoms with van der Waals surface area (Å²) < 4.78 is 1.40. The summed E-state index contributed by atoms with van der Waals surface area (Å²) in [5.41, 5.74) is 2.23. The molecule has 0 unspecified atom stereocenters. The maximum atomic E-state index is 13.0. The Hall–Kier alpha value is -4.25. The van der Waals surface area contributed by atoms with Gasteiger partial charge in [0.15, 0.2) is 0 Å². The number of amides is 1. The molecule has 0 radical (unpaired) electrons. The number of aromatic nitrogens is 2. The normalized spacial score (nSPS) is 11.0. The summed E-state index contributed by atoms with van der Waals surface area (Å²) in [4.78, 5) is 25.7. The number of nitrogens with one attached hydrogen (secondary N) is 1. The van der Waals surface area contributed by atoms with E-state index in [0.29, 0.717) is 5.39 Å². The van der Waals surface area contributed by atoms with Gasteiger partial charge < -0.3 is 5.32 Å². The van der Waals surface area contributed by atoms with E-state index in [0.717, 1.165) is 33.1 Å². The van der Waals surface area contributed by atoms with Gasteiger partial charge in [0.2, 0.25) is 5.91 Å². The molecule has 0 saturated heterocycles. The second kappa shape index (κ2) is 8.47. The van der Waals surface area contributed by atoms with Gasteiger partial charge in [-0.15, -0.1) is 0 Å². The Morgan fingerprint density at radius 2 is 1.41 bits per heavy atom. The predicted octanol–water partition coefficient (Wildman–Crippen LogP) is 5.25. The van der Waals surface area contributed by atoms with Crippen molar-refractivity contribution in [1.29, 1.82) is 0 Å². The molecule has 5 heteroatoms. The van der Waals surface area contributed by atoms with Crippen molar-refractivity contribution in [3.05, 3.63) is 107 Å². The van der Waals surface area contributed by atoms with Crippen molar-refractivity contribution in [1.82, 2.24) is 9.78 Å². The van der Waals surface area contributed by atoms with Gasteiger partial charge in [0.05, 0.1) is 17.6 Å². The van der Waals surface area contributed by atoms with Gasteiger partial charge in [-0.25, -0.2) is 4.68 Å². The lowest BCUT2D eigenvalue weighted by Gasteiger charge is -2.12. The number of hydrogen-bond acceptors (Lipinski definition) is 3. The molecular weight excluding hydrogens is 398 g/mol. The van der Waals surface area contributed by atoms with Crippen molar-refractivity contribution in [3.63, 3.8) is 0 Å².